The molecule has 0 fully saturated rings. The molecule has 0 aliphatic heterocycles. The predicted molar refractivity (Wildman–Crippen MR) is 59.1 cm³/mol. The Labute approximate surface area is 82.2 Å². The van der Waals surface area contributed by atoms with Crippen molar-refractivity contribution in [3.63, 3.8) is 0 Å². The topological polar surface area (TPSA) is 0 Å². The maximum absolute atomic E-state index is 5.38. The molecule has 0 spiro atoms. The van der Waals surface area contributed by atoms with Crippen molar-refractivity contribution in [3.05, 3.63) is 35.2 Å². The molecule has 2 aromatic rings. The molecule has 1 aromatic heterocycles. The van der Waals surface area contributed by atoms with Crippen LogP contribution in [0.2, 0.25) is 0 Å². The first-order valence-corrected chi connectivity index (χ1v) is 5.07. The number of fused-ring (bicyclic) bond motifs is 1. The molecule has 1 heteroatoms. The minimum absolute atomic E-state index is 0.234. The Morgan fingerprint density at radius 3 is 2.85 bits per heavy atom. The van der Waals surface area contributed by atoms with Gasteiger partial charge in [-0.1, -0.05) is 24.1 Å². The molecule has 1 aromatic carbocycles. The lowest BCUT2D eigenvalue weighted by molar-refractivity contribution is 1.04. The second-order valence-corrected chi connectivity index (χ2v) is 4.19. The molecule has 0 saturated heterocycles. The van der Waals surface area contributed by atoms with Gasteiger partial charge >= 0.3 is 0 Å². The molecule has 2 rings (SSSR count). The van der Waals surface area contributed by atoms with E-state index in [1.54, 1.807) is 11.3 Å². The zero-order valence-electron chi connectivity index (χ0n) is 7.45. The molecule has 1 atom stereocenters. The van der Waals surface area contributed by atoms with E-state index >= 15 is 0 Å². The van der Waals surface area contributed by atoms with Crippen molar-refractivity contribution in [2.45, 2.75) is 12.8 Å². The lowest BCUT2D eigenvalue weighted by atomic mass is 10.1. The molecule has 0 aliphatic rings. The molecule has 0 N–H and O–H groups in total. The van der Waals surface area contributed by atoms with Crippen LogP contribution < -0.4 is 0 Å². The summed E-state index contributed by atoms with van der Waals surface area (Å²) in [6, 6.07) is 10.6. The molecule has 0 bridgehead atoms. The monoisotopic (exact) mass is 186 g/mol. The molecule has 1 unspecified atom stereocenters. The van der Waals surface area contributed by atoms with Gasteiger partial charge in [-0.2, -0.15) is 0 Å². The van der Waals surface area contributed by atoms with Gasteiger partial charge in [0.2, 0.25) is 0 Å². The van der Waals surface area contributed by atoms with Crippen LogP contribution >= 0.6 is 11.3 Å². The highest BCUT2D eigenvalue weighted by atomic mass is 32.1. The number of thiophene rings is 1. The zero-order valence-corrected chi connectivity index (χ0v) is 8.27. The maximum Gasteiger partial charge on any atom is 0.0515 e. The van der Waals surface area contributed by atoms with Gasteiger partial charge in [0.15, 0.2) is 0 Å². The number of hydrogen-bond donors (Lipinski definition) is 0. The number of terminal acetylenes is 1. The maximum atomic E-state index is 5.38. The van der Waals surface area contributed by atoms with Crippen LogP contribution in [0.25, 0.3) is 10.1 Å². The van der Waals surface area contributed by atoms with Gasteiger partial charge in [-0.25, -0.2) is 0 Å². The summed E-state index contributed by atoms with van der Waals surface area (Å²) in [5.41, 5.74) is 0. The summed E-state index contributed by atoms with van der Waals surface area (Å²) < 4.78 is 1.32. The fourth-order valence-electron chi connectivity index (χ4n) is 1.30. The normalized spacial score (nSPS) is 12.6. The number of benzene rings is 1. The van der Waals surface area contributed by atoms with Crippen molar-refractivity contribution >= 4 is 21.4 Å². The average Bonchev–Trinajstić information content (AvgIpc) is 2.59. The van der Waals surface area contributed by atoms with Crippen LogP contribution in [-0.4, -0.2) is 0 Å². The standard InChI is InChI=1S/C12H10S/c1-3-9(2)12-8-10-6-4-5-7-11(10)13-12/h1,4-9H,2H3. The Balaban J connectivity index is 2.57. The van der Waals surface area contributed by atoms with Gasteiger partial charge in [0.25, 0.3) is 0 Å². The van der Waals surface area contributed by atoms with Crippen LogP contribution in [-0.2, 0) is 0 Å². The van der Waals surface area contributed by atoms with Gasteiger partial charge in [0.1, 0.15) is 0 Å². The lowest BCUT2D eigenvalue weighted by Gasteiger charge is -1.95. The summed E-state index contributed by atoms with van der Waals surface area (Å²) in [5.74, 6) is 2.99. The third-order valence-corrected chi connectivity index (χ3v) is 3.42. The fraction of sp³-hybridized carbons (Fsp3) is 0.167. The first-order valence-electron chi connectivity index (χ1n) is 4.26. The quantitative estimate of drug-likeness (QED) is 0.596. The highest BCUT2D eigenvalue weighted by Crippen LogP contribution is 2.30. The first-order chi connectivity index (χ1) is 6.31. The zero-order chi connectivity index (χ0) is 9.26. The summed E-state index contributed by atoms with van der Waals surface area (Å²) in [5, 5.41) is 1.30. The van der Waals surface area contributed by atoms with Crippen LogP contribution in [0.3, 0.4) is 0 Å². The summed E-state index contributed by atoms with van der Waals surface area (Å²) in [6.07, 6.45) is 5.38. The highest BCUT2D eigenvalue weighted by Gasteiger charge is 2.05. The predicted octanol–water partition coefficient (Wildman–Crippen LogP) is 3.64. The molecular weight excluding hydrogens is 176 g/mol. The van der Waals surface area contributed by atoms with E-state index in [0.717, 1.165) is 0 Å². The molecule has 1 heterocycles. The smallest absolute Gasteiger partial charge is 0.0515 e. The largest absolute Gasteiger partial charge is 0.139 e. The summed E-state index contributed by atoms with van der Waals surface area (Å²) in [7, 11) is 0. The third-order valence-electron chi connectivity index (χ3n) is 2.12. The lowest BCUT2D eigenvalue weighted by Crippen LogP contribution is -1.81. The minimum atomic E-state index is 0.234. The fourth-order valence-corrected chi connectivity index (χ4v) is 2.37. The van der Waals surface area contributed by atoms with Crippen LogP contribution in [0.4, 0.5) is 0 Å². The van der Waals surface area contributed by atoms with Crippen molar-refractivity contribution in [1.29, 1.82) is 0 Å². The second-order valence-electron chi connectivity index (χ2n) is 3.07. The minimum Gasteiger partial charge on any atom is -0.139 e. The summed E-state index contributed by atoms with van der Waals surface area (Å²) in [4.78, 5) is 1.28. The van der Waals surface area contributed by atoms with E-state index in [4.69, 9.17) is 6.42 Å². The van der Waals surface area contributed by atoms with Crippen LogP contribution in [0.15, 0.2) is 30.3 Å². The van der Waals surface area contributed by atoms with Crippen molar-refractivity contribution in [3.8, 4) is 12.3 Å². The highest BCUT2D eigenvalue weighted by molar-refractivity contribution is 7.19. The van der Waals surface area contributed by atoms with Crippen LogP contribution in [0, 0.1) is 12.3 Å². The van der Waals surface area contributed by atoms with Gasteiger partial charge in [0, 0.05) is 9.58 Å². The van der Waals surface area contributed by atoms with Gasteiger partial charge in [0.05, 0.1) is 5.92 Å². The van der Waals surface area contributed by atoms with Crippen molar-refractivity contribution in [2.75, 3.05) is 0 Å². The van der Waals surface area contributed by atoms with E-state index in [1.165, 1.54) is 15.0 Å². The van der Waals surface area contributed by atoms with Gasteiger partial charge < -0.3 is 0 Å². The average molecular weight is 186 g/mol. The Kier molecular flexibility index (Phi) is 2.08. The van der Waals surface area contributed by atoms with Crippen LogP contribution in [0.5, 0.6) is 0 Å². The van der Waals surface area contributed by atoms with E-state index < -0.39 is 0 Å². The molecule has 0 saturated carbocycles. The van der Waals surface area contributed by atoms with Gasteiger partial charge in [-0.3, -0.25) is 0 Å². The molecule has 0 radical (unpaired) electrons. The van der Waals surface area contributed by atoms with E-state index in [-0.39, 0.29) is 5.92 Å². The Morgan fingerprint density at radius 1 is 1.38 bits per heavy atom. The van der Waals surface area contributed by atoms with Crippen LogP contribution in [0.1, 0.15) is 17.7 Å². The molecule has 64 valence electrons. The van der Waals surface area contributed by atoms with E-state index in [2.05, 4.69) is 43.2 Å². The first kappa shape index (κ1) is 8.34. The van der Waals surface area contributed by atoms with E-state index in [1.807, 2.05) is 0 Å². The Bertz CT molecular complexity index is 426. The van der Waals surface area contributed by atoms with Crippen molar-refractivity contribution in [2.24, 2.45) is 0 Å². The second kappa shape index (κ2) is 3.24. The molecule has 0 nitrogen and oxygen atoms in total. The van der Waals surface area contributed by atoms with Crippen molar-refractivity contribution < 1.29 is 0 Å². The van der Waals surface area contributed by atoms with Gasteiger partial charge in [-0.05, 0) is 24.4 Å². The number of hydrogen-bond acceptors (Lipinski definition) is 1. The summed E-state index contributed by atoms with van der Waals surface area (Å²) >= 11 is 1.79. The van der Waals surface area contributed by atoms with Crippen molar-refractivity contribution in [1.82, 2.24) is 0 Å². The number of rotatable bonds is 1. The van der Waals surface area contributed by atoms with E-state index in [0.29, 0.717) is 0 Å². The Hall–Kier alpha value is -1.26. The van der Waals surface area contributed by atoms with Gasteiger partial charge in [-0.15, -0.1) is 17.8 Å². The molecular formula is C12H10S. The SMILES string of the molecule is C#CC(C)c1cc2ccccc2s1. The molecule has 0 aliphatic carbocycles. The molecule has 13 heavy (non-hydrogen) atoms. The Morgan fingerprint density at radius 2 is 2.15 bits per heavy atom. The summed E-state index contributed by atoms with van der Waals surface area (Å²) in [6.45, 7) is 2.06. The van der Waals surface area contributed by atoms with E-state index in [9.17, 15) is 0 Å². The molecule has 0 amide bonds. The third kappa shape index (κ3) is 1.46.